The molecule has 2 rings (SSSR count). The number of amides is 2. The van der Waals surface area contributed by atoms with Gasteiger partial charge in [-0.25, -0.2) is 0 Å². The summed E-state index contributed by atoms with van der Waals surface area (Å²) in [6.45, 7) is 7.59. The maximum Gasteiger partial charge on any atom is 0.242 e. The Hall–Kier alpha value is -1.84. The number of benzene rings is 1. The first kappa shape index (κ1) is 15.5. The first-order valence-corrected chi connectivity index (χ1v) is 7.60. The minimum Gasteiger partial charge on any atom is -0.337 e. The van der Waals surface area contributed by atoms with Crippen LogP contribution in [0, 0.1) is 6.92 Å². The zero-order valence-electron chi connectivity index (χ0n) is 13.1. The Morgan fingerprint density at radius 2 is 1.86 bits per heavy atom. The van der Waals surface area contributed by atoms with Gasteiger partial charge in [-0.1, -0.05) is 29.8 Å². The lowest BCUT2D eigenvalue weighted by molar-refractivity contribution is -0.146. The van der Waals surface area contributed by atoms with Crippen molar-refractivity contribution in [3.8, 4) is 0 Å². The van der Waals surface area contributed by atoms with Crippen molar-refractivity contribution < 1.29 is 9.59 Å². The van der Waals surface area contributed by atoms with E-state index in [4.69, 9.17) is 0 Å². The number of hydrogen-bond donors (Lipinski definition) is 0. The van der Waals surface area contributed by atoms with Crippen LogP contribution in [0.2, 0.25) is 0 Å². The van der Waals surface area contributed by atoms with E-state index in [1.807, 2.05) is 18.7 Å². The summed E-state index contributed by atoms with van der Waals surface area (Å²) < 4.78 is 0. The van der Waals surface area contributed by atoms with Gasteiger partial charge in [0.2, 0.25) is 11.8 Å². The molecule has 0 atom stereocenters. The minimum atomic E-state index is 0.0555. The topological polar surface area (TPSA) is 40.6 Å². The summed E-state index contributed by atoms with van der Waals surface area (Å²) in [5, 5.41) is 0. The quantitative estimate of drug-likeness (QED) is 0.850. The van der Waals surface area contributed by atoms with Crippen molar-refractivity contribution in [3.63, 3.8) is 0 Å². The highest BCUT2D eigenvalue weighted by Crippen LogP contribution is 2.11. The van der Waals surface area contributed by atoms with E-state index in [1.165, 1.54) is 11.1 Å². The van der Waals surface area contributed by atoms with E-state index in [9.17, 15) is 9.59 Å². The maximum absolute atomic E-state index is 12.2. The van der Waals surface area contributed by atoms with Gasteiger partial charge in [0.15, 0.2) is 0 Å². The largest absolute Gasteiger partial charge is 0.337 e. The second-order valence-corrected chi connectivity index (χ2v) is 5.98. The molecule has 1 aromatic carbocycles. The van der Waals surface area contributed by atoms with Gasteiger partial charge in [0.25, 0.3) is 0 Å². The molecule has 1 aliphatic rings. The minimum absolute atomic E-state index is 0.0555. The number of nitrogens with zero attached hydrogens (tertiary/aromatic N) is 2. The molecule has 0 spiro atoms. The van der Waals surface area contributed by atoms with Crippen LogP contribution in [0.5, 0.6) is 0 Å². The van der Waals surface area contributed by atoms with E-state index in [-0.39, 0.29) is 24.4 Å². The molecular weight excluding hydrogens is 264 g/mol. The number of carbonyl (C=O) groups is 2. The highest BCUT2D eigenvalue weighted by molar-refractivity contribution is 5.86. The molecule has 4 heteroatoms. The third kappa shape index (κ3) is 4.06. The number of carbonyl (C=O) groups excluding carboxylic acids is 2. The van der Waals surface area contributed by atoms with Crippen LogP contribution in [0.1, 0.15) is 31.4 Å². The molecule has 0 bridgehead atoms. The van der Waals surface area contributed by atoms with Gasteiger partial charge in [0, 0.05) is 25.6 Å². The van der Waals surface area contributed by atoms with E-state index >= 15 is 0 Å². The molecule has 4 nitrogen and oxygen atoms in total. The van der Waals surface area contributed by atoms with Crippen molar-refractivity contribution in [1.82, 2.24) is 9.80 Å². The van der Waals surface area contributed by atoms with E-state index in [2.05, 4.69) is 31.2 Å². The zero-order chi connectivity index (χ0) is 15.4. The van der Waals surface area contributed by atoms with Crippen molar-refractivity contribution >= 4 is 11.8 Å². The van der Waals surface area contributed by atoms with Crippen LogP contribution in [-0.2, 0) is 16.0 Å². The lowest BCUT2D eigenvalue weighted by Gasteiger charge is -2.36. The SMILES string of the molecule is Cc1ccc(CCC(=O)N2CCN(C(C)C)C(=O)C2)cc1. The molecule has 0 aromatic heterocycles. The number of hydrogen-bond acceptors (Lipinski definition) is 2. The molecule has 2 amide bonds. The summed E-state index contributed by atoms with van der Waals surface area (Å²) in [5.74, 6) is 0.132. The Balaban J connectivity index is 1.84. The van der Waals surface area contributed by atoms with Crippen molar-refractivity contribution in [3.05, 3.63) is 35.4 Å². The molecule has 21 heavy (non-hydrogen) atoms. The lowest BCUT2D eigenvalue weighted by Crippen LogP contribution is -2.54. The van der Waals surface area contributed by atoms with Crippen molar-refractivity contribution in [1.29, 1.82) is 0 Å². The number of aryl methyl sites for hydroxylation is 2. The maximum atomic E-state index is 12.2. The zero-order valence-corrected chi connectivity index (χ0v) is 13.1. The molecule has 0 radical (unpaired) electrons. The van der Waals surface area contributed by atoms with Crippen LogP contribution < -0.4 is 0 Å². The molecule has 0 aliphatic carbocycles. The molecular formula is C17H24N2O2. The van der Waals surface area contributed by atoms with Gasteiger partial charge in [-0.15, -0.1) is 0 Å². The fraction of sp³-hybridized carbons (Fsp3) is 0.529. The molecule has 1 fully saturated rings. The Labute approximate surface area is 126 Å². The highest BCUT2D eigenvalue weighted by atomic mass is 16.2. The summed E-state index contributed by atoms with van der Waals surface area (Å²) in [5.41, 5.74) is 2.39. The van der Waals surface area contributed by atoms with E-state index in [0.29, 0.717) is 19.5 Å². The molecule has 1 aromatic rings. The van der Waals surface area contributed by atoms with Crippen LogP contribution >= 0.6 is 0 Å². The number of rotatable bonds is 4. The van der Waals surface area contributed by atoms with Crippen LogP contribution in [0.4, 0.5) is 0 Å². The molecule has 1 heterocycles. The first-order valence-electron chi connectivity index (χ1n) is 7.60. The van der Waals surface area contributed by atoms with Crippen molar-refractivity contribution in [2.45, 2.75) is 39.7 Å². The molecule has 0 N–H and O–H groups in total. The Morgan fingerprint density at radius 3 is 2.43 bits per heavy atom. The normalized spacial score (nSPS) is 15.7. The van der Waals surface area contributed by atoms with Gasteiger partial charge in [0.05, 0.1) is 6.54 Å². The van der Waals surface area contributed by atoms with E-state index in [1.54, 1.807) is 4.90 Å². The van der Waals surface area contributed by atoms with Gasteiger partial charge in [0.1, 0.15) is 0 Å². The fourth-order valence-corrected chi connectivity index (χ4v) is 2.61. The summed E-state index contributed by atoms with van der Waals surface area (Å²) in [6.07, 6.45) is 1.20. The monoisotopic (exact) mass is 288 g/mol. The van der Waals surface area contributed by atoms with Crippen molar-refractivity contribution in [2.75, 3.05) is 19.6 Å². The standard InChI is InChI=1S/C17H24N2O2/c1-13(2)19-11-10-18(12-17(19)21)16(20)9-8-15-6-4-14(3)5-7-15/h4-7,13H,8-12H2,1-3H3. The number of piperazine rings is 1. The Bertz CT molecular complexity index is 508. The van der Waals surface area contributed by atoms with Crippen LogP contribution in [0.25, 0.3) is 0 Å². The van der Waals surface area contributed by atoms with Gasteiger partial charge in [-0.3, -0.25) is 9.59 Å². The van der Waals surface area contributed by atoms with Gasteiger partial charge in [-0.05, 0) is 32.8 Å². The predicted octanol–water partition coefficient (Wildman–Crippen LogP) is 2.01. The fourth-order valence-electron chi connectivity index (χ4n) is 2.61. The summed E-state index contributed by atoms with van der Waals surface area (Å²) >= 11 is 0. The summed E-state index contributed by atoms with van der Waals surface area (Å²) in [7, 11) is 0. The van der Waals surface area contributed by atoms with Crippen LogP contribution in [-0.4, -0.2) is 47.3 Å². The molecule has 1 saturated heterocycles. The third-order valence-corrected chi connectivity index (χ3v) is 3.98. The predicted molar refractivity (Wildman–Crippen MR) is 82.9 cm³/mol. The molecule has 114 valence electrons. The summed E-state index contributed by atoms with van der Waals surface area (Å²) in [4.78, 5) is 27.7. The highest BCUT2D eigenvalue weighted by Gasteiger charge is 2.27. The smallest absolute Gasteiger partial charge is 0.242 e. The molecule has 0 saturated carbocycles. The third-order valence-electron chi connectivity index (χ3n) is 3.98. The second-order valence-electron chi connectivity index (χ2n) is 5.98. The van der Waals surface area contributed by atoms with Crippen LogP contribution in [0.3, 0.4) is 0 Å². The second kappa shape index (κ2) is 6.74. The van der Waals surface area contributed by atoms with Gasteiger partial charge in [-0.2, -0.15) is 0 Å². The molecule has 0 unspecified atom stereocenters. The van der Waals surface area contributed by atoms with Gasteiger partial charge >= 0.3 is 0 Å². The Kier molecular flexibility index (Phi) is 4.99. The lowest BCUT2D eigenvalue weighted by atomic mass is 10.1. The van der Waals surface area contributed by atoms with Gasteiger partial charge < -0.3 is 9.80 Å². The average Bonchev–Trinajstić information content (AvgIpc) is 2.45. The summed E-state index contributed by atoms with van der Waals surface area (Å²) in [6, 6.07) is 8.45. The molecule has 1 aliphatic heterocycles. The Morgan fingerprint density at radius 1 is 1.19 bits per heavy atom. The van der Waals surface area contributed by atoms with E-state index < -0.39 is 0 Å². The first-order chi connectivity index (χ1) is 9.97. The average molecular weight is 288 g/mol. The van der Waals surface area contributed by atoms with Crippen LogP contribution in [0.15, 0.2) is 24.3 Å². The van der Waals surface area contributed by atoms with Crippen molar-refractivity contribution in [2.24, 2.45) is 0 Å². The van der Waals surface area contributed by atoms with E-state index in [0.717, 1.165) is 6.42 Å².